The standard InChI is InChI=1S/C20H20O6/c1-11-19(25-3)15(9-21)18(23)16-17(22)13(10-26-20(11)16)8-12-4-6-14(24-2)7-5-12/h4-7,9,13,23H,8,10H2,1-3H3. The number of aromatic hydroxyl groups is 1. The first-order valence-electron chi connectivity index (χ1n) is 8.20. The van der Waals surface area contributed by atoms with Crippen molar-refractivity contribution >= 4 is 12.1 Å². The van der Waals surface area contributed by atoms with E-state index < -0.39 is 5.92 Å². The first kappa shape index (κ1) is 17.8. The Morgan fingerprint density at radius 2 is 1.92 bits per heavy atom. The summed E-state index contributed by atoms with van der Waals surface area (Å²) in [6, 6.07) is 7.43. The van der Waals surface area contributed by atoms with Crippen molar-refractivity contribution in [3.05, 3.63) is 46.5 Å². The minimum Gasteiger partial charge on any atom is -0.506 e. The molecule has 3 rings (SSSR count). The molecule has 6 nitrogen and oxygen atoms in total. The highest BCUT2D eigenvalue weighted by Gasteiger charge is 2.36. The molecular weight excluding hydrogens is 336 g/mol. The fraction of sp³-hybridized carbons (Fsp3) is 0.300. The van der Waals surface area contributed by atoms with Crippen molar-refractivity contribution < 1.29 is 28.9 Å². The highest BCUT2D eigenvalue weighted by atomic mass is 16.5. The van der Waals surface area contributed by atoms with Gasteiger partial charge in [0, 0.05) is 5.56 Å². The zero-order valence-electron chi connectivity index (χ0n) is 14.9. The van der Waals surface area contributed by atoms with Crippen LogP contribution in [0.3, 0.4) is 0 Å². The monoisotopic (exact) mass is 356 g/mol. The second-order valence-electron chi connectivity index (χ2n) is 6.17. The van der Waals surface area contributed by atoms with Crippen molar-refractivity contribution in [1.82, 2.24) is 0 Å². The first-order valence-corrected chi connectivity index (χ1v) is 8.20. The Hall–Kier alpha value is -3.02. The van der Waals surface area contributed by atoms with Gasteiger partial charge in [-0.25, -0.2) is 0 Å². The predicted octanol–water partition coefficient (Wildman–Crippen LogP) is 2.96. The lowest BCUT2D eigenvalue weighted by molar-refractivity contribution is 0.0824. The summed E-state index contributed by atoms with van der Waals surface area (Å²) in [5.41, 5.74) is 1.50. The Balaban J connectivity index is 1.96. The summed E-state index contributed by atoms with van der Waals surface area (Å²) in [5.74, 6) is 0.157. The summed E-state index contributed by atoms with van der Waals surface area (Å²) in [6.45, 7) is 1.89. The van der Waals surface area contributed by atoms with E-state index in [1.54, 1.807) is 14.0 Å². The molecule has 0 radical (unpaired) electrons. The van der Waals surface area contributed by atoms with Gasteiger partial charge in [0.1, 0.15) is 28.6 Å². The van der Waals surface area contributed by atoms with E-state index in [9.17, 15) is 14.7 Å². The molecule has 136 valence electrons. The van der Waals surface area contributed by atoms with Crippen molar-refractivity contribution in [3.63, 3.8) is 0 Å². The van der Waals surface area contributed by atoms with Gasteiger partial charge in [0.15, 0.2) is 12.1 Å². The summed E-state index contributed by atoms with van der Waals surface area (Å²) < 4.78 is 16.1. The number of ketones is 1. The van der Waals surface area contributed by atoms with Gasteiger partial charge in [0.25, 0.3) is 0 Å². The molecule has 1 atom stereocenters. The number of ether oxygens (including phenoxy) is 3. The second-order valence-corrected chi connectivity index (χ2v) is 6.17. The van der Waals surface area contributed by atoms with Crippen LogP contribution in [0.25, 0.3) is 0 Å². The average Bonchev–Trinajstić information content (AvgIpc) is 2.66. The van der Waals surface area contributed by atoms with Crippen LogP contribution in [0.15, 0.2) is 24.3 Å². The number of benzene rings is 2. The summed E-state index contributed by atoms with van der Waals surface area (Å²) in [4.78, 5) is 24.3. The topological polar surface area (TPSA) is 82.1 Å². The predicted molar refractivity (Wildman–Crippen MR) is 94.8 cm³/mol. The minimum atomic E-state index is -0.450. The van der Waals surface area contributed by atoms with E-state index in [1.165, 1.54) is 7.11 Å². The smallest absolute Gasteiger partial charge is 0.177 e. The maximum atomic E-state index is 13.0. The van der Waals surface area contributed by atoms with Crippen LogP contribution >= 0.6 is 0 Å². The van der Waals surface area contributed by atoms with E-state index in [0.717, 1.165) is 11.3 Å². The third kappa shape index (κ3) is 2.87. The van der Waals surface area contributed by atoms with Crippen LogP contribution < -0.4 is 14.2 Å². The lowest BCUT2D eigenvalue weighted by Crippen LogP contribution is -2.30. The minimum absolute atomic E-state index is 0.0363. The number of methoxy groups -OCH3 is 2. The molecular formula is C20H20O6. The van der Waals surface area contributed by atoms with Gasteiger partial charge in [-0.05, 0) is 31.0 Å². The number of Topliss-reactive ketones (excluding diaryl/α,β-unsaturated/α-hetero) is 1. The van der Waals surface area contributed by atoms with E-state index in [4.69, 9.17) is 14.2 Å². The van der Waals surface area contributed by atoms with Crippen molar-refractivity contribution in [3.8, 4) is 23.0 Å². The molecule has 2 aromatic carbocycles. The lowest BCUT2D eigenvalue weighted by Gasteiger charge is -2.27. The maximum absolute atomic E-state index is 13.0. The summed E-state index contributed by atoms with van der Waals surface area (Å²) in [7, 11) is 2.99. The van der Waals surface area contributed by atoms with Gasteiger partial charge < -0.3 is 19.3 Å². The SMILES string of the molecule is COc1ccc(CC2COc3c(C)c(OC)c(C=O)c(O)c3C2=O)cc1. The fourth-order valence-electron chi connectivity index (χ4n) is 3.29. The Morgan fingerprint density at radius 3 is 2.50 bits per heavy atom. The zero-order chi connectivity index (χ0) is 18.8. The molecule has 0 aliphatic carbocycles. The number of aldehydes is 1. The van der Waals surface area contributed by atoms with Gasteiger partial charge in [-0.2, -0.15) is 0 Å². The zero-order valence-corrected chi connectivity index (χ0v) is 14.9. The van der Waals surface area contributed by atoms with Gasteiger partial charge in [0.05, 0.1) is 32.3 Å². The van der Waals surface area contributed by atoms with Gasteiger partial charge in [-0.1, -0.05) is 12.1 Å². The largest absolute Gasteiger partial charge is 0.506 e. The number of hydrogen-bond donors (Lipinski definition) is 1. The van der Waals surface area contributed by atoms with Crippen LogP contribution in [0, 0.1) is 12.8 Å². The van der Waals surface area contributed by atoms with E-state index >= 15 is 0 Å². The molecule has 1 aliphatic heterocycles. The number of fused-ring (bicyclic) bond motifs is 1. The number of carbonyl (C=O) groups excluding carboxylic acids is 2. The molecule has 1 heterocycles. The number of phenolic OH excluding ortho intramolecular Hbond substituents is 1. The Labute approximate surface area is 151 Å². The Morgan fingerprint density at radius 1 is 1.23 bits per heavy atom. The number of carbonyl (C=O) groups is 2. The fourth-order valence-corrected chi connectivity index (χ4v) is 3.29. The van der Waals surface area contributed by atoms with E-state index in [-0.39, 0.29) is 40.8 Å². The van der Waals surface area contributed by atoms with Gasteiger partial charge in [-0.15, -0.1) is 0 Å². The molecule has 1 aliphatic rings. The normalized spacial score (nSPS) is 15.8. The van der Waals surface area contributed by atoms with Gasteiger partial charge in [-0.3, -0.25) is 9.59 Å². The molecule has 0 amide bonds. The third-order valence-electron chi connectivity index (χ3n) is 4.65. The molecule has 0 bridgehead atoms. The van der Waals surface area contributed by atoms with Crippen LogP contribution in [-0.4, -0.2) is 38.0 Å². The van der Waals surface area contributed by atoms with Crippen LogP contribution in [0.1, 0.15) is 31.8 Å². The molecule has 26 heavy (non-hydrogen) atoms. The summed E-state index contributed by atoms with van der Waals surface area (Å²) in [5, 5.41) is 10.5. The van der Waals surface area contributed by atoms with Crippen LogP contribution in [0.2, 0.25) is 0 Å². The lowest BCUT2D eigenvalue weighted by atomic mass is 9.87. The Bertz CT molecular complexity index is 854. The van der Waals surface area contributed by atoms with Gasteiger partial charge >= 0.3 is 0 Å². The molecule has 1 unspecified atom stereocenters. The maximum Gasteiger partial charge on any atom is 0.177 e. The second kappa shape index (κ2) is 7.07. The van der Waals surface area contributed by atoms with E-state index in [0.29, 0.717) is 18.3 Å². The molecule has 6 heteroatoms. The summed E-state index contributed by atoms with van der Waals surface area (Å²) in [6.07, 6.45) is 0.949. The molecule has 0 saturated heterocycles. The Kier molecular flexibility index (Phi) is 4.84. The molecule has 0 aromatic heterocycles. The molecule has 0 spiro atoms. The molecule has 2 aromatic rings. The van der Waals surface area contributed by atoms with Crippen molar-refractivity contribution in [2.75, 3.05) is 20.8 Å². The number of hydrogen-bond acceptors (Lipinski definition) is 6. The summed E-state index contributed by atoms with van der Waals surface area (Å²) >= 11 is 0. The van der Waals surface area contributed by atoms with Crippen molar-refractivity contribution in [2.45, 2.75) is 13.3 Å². The van der Waals surface area contributed by atoms with Crippen molar-refractivity contribution in [2.24, 2.45) is 5.92 Å². The van der Waals surface area contributed by atoms with Crippen molar-refractivity contribution in [1.29, 1.82) is 0 Å². The molecule has 0 saturated carbocycles. The highest BCUT2D eigenvalue weighted by molar-refractivity contribution is 6.07. The number of rotatable bonds is 5. The number of phenols is 1. The van der Waals surface area contributed by atoms with E-state index in [2.05, 4.69) is 0 Å². The third-order valence-corrected chi connectivity index (χ3v) is 4.65. The van der Waals surface area contributed by atoms with Crippen LogP contribution in [0.4, 0.5) is 0 Å². The molecule has 1 N–H and O–H groups in total. The average molecular weight is 356 g/mol. The quantitative estimate of drug-likeness (QED) is 0.830. The molecule has 0 fully saturated rings. The first-order chi connectivity index (χ1) is 12.5. The van der Waals surface area contributed by atoms with Gasteiger partial charge in [0.2, 0.25) is 0 Å². The van der Waals surface area contributed by atoms with Crippen LogP contribution in [-0.2, 0) is 6.42 Å². The van der Waals surface area contributed by atoms with Crippen LogP contribution in [0.5, 0.6) is 23.0 Å². The van der Waals surface area contributed by atoms with E-state index in [1.807, 2.05) is 24.3 Å². The highest BCUT2D eigenvalue weighted by Crippen LogP contribution is 2.45.